The predicted molar refractivity (Wildman–Crippen MR) is 148 cm³/mol. The van der Waals surface area contributed by atoms with Crippen LogP contribution in [0.15, 0.2) is 42.6 Å². The number of aromatic nitrogens is 3. The molecule has 0 aliphatic carbocycles. The van der Waals surface area contributed by atoms with Crippen molar-refractivity contribution in [2.75, 3.05) is 57.1 Å². The zero-order chi connectivity index (χ0) is 28.2. The fraction of sp³-hybridized carbons (Fsp3) is 0.385. The first-order valence-electron chi connectivity index (χ1n) is 12.5. The van der Waals surface area contributed by atoms with E-state index in [-0.39, 0.29) is 29.7 Å². The van der Waals surface area contributed by atoms with Gasteiger partial charge in [-0.3, -0.25) is 4.79 Å². The van der Waals surface area contributed by atoms with E-state index in [9.17, 15) is 14.3 Å². The van der Waals surface area contributed by atoms with Crippen LogP contribution in [-0.2, 0) is 4.79 Å². The van der Waals surface area contributed by atoms with E-state index in [2.05, 4.69) is 36.0 Å². The van der Waals surface area contributed by atoms with Crippen LogP contribution in [0.3, 0.4) is 0 Å². The molecule has 11 nitrogen and oxygen atoms in total. The van der Waals surface area contributed by atoms with E-state index in [1.807, 2.05) is 14.0 Å². The average molecular weight is 562 g/mol. The van der Waals surface area contributed by atoms with Crippen LogP contribution >= 0.6 is 11.6 Å². The Morgan fingerprint density at radius 3 is 2.77 bits per heavy atom. The summed E-state index contributed by atoms with van der Waals surface area (Å²) < 4.78 is 20.0. The molecule has 0 saturated heterocycles. The first-order chi connectivity index (χ1) is 18.8. The van der Waals surface area contributed by atoms with Gasteiger partial charge in [-0.1, -0.05) is 18.5 Å². The number of anilines is 3. The minimum absolute atomic E-state index is 0.0114. The number of amides is 1. The van der Waals surface area contributed by atoms with Gasteiger partial charge in [0, 0.05) is 54.6 Å². The van der Waals surface area contributed by atoms with E-state index in [0.29, 0.717) is 35.2 Å². The highest BCUT2D eigenvalue weighted by Crippen LogP contribution is 2.32. The molecule has 1 atom stereocenters. The maximum absolute atomic E-state index is 14.5. The van der Waals surface area contributed by atoms with Gasteiger partial charge in [0.05, 0.1) is 12.3 Å². The number of pyridine rings is 1. The Morgan fingerprint density at radius 1 is 1.21 bits per heavy atom. The normalized spacial score (nSPS) is 11.9. The maximum atomic E-state index is 14.5. The number of nitrogens with zero attached hydrogens (tertiary/aromatic N) is 4. The van der Waals surface area contributed by atoms with Gasteiger partial charge in [0.25, 0.3) is 5.88 Å². The Bertz CT molecular complexity index is 1240. The number of benzene rings is 1. The quantitative estimate of drug-likeness (QED) is 0.188. The Labute approximate surface area is 231 Å². The Balaban J connectivity index is 1.78. The summed E-state index contributed by atoms with van der Waals surface area (Å²) in [5, 5.41) is 36.2. The van der Waals surface area contributed by atoms with Crippen LogP contribution < -0.4 is 20.7 Å². The summed E-state index contributed by atoms with van der Waals surface area (Å²) in [7, 11) is 1.89. The van der Waals surface area contributed by atoms with Crippen molar-refractivity contribution >= 4 is 34.7 Å². The second-order valence-electron chi connectivity index (χ2n) is 8.61. The number of likely N-dealkylation sites (N-methyl/N-ethyl adjacent to an activating group) is 2. The van der Waals surface area contributed by atoms with Crippen LogP contribution in [0.2, 0.25) is 5.02 Å². The van der Waals surface area contributed by atoms with Gasteiger partial charge in [-0.05, 0) is 43.9 Å². The number of halogens is 2. The summed E-state index contributed by atoms with van der Waals surface area (Å²) in [5.74, 6) is -0.360. The molecule has 5 N–H and O–H groups in total. The molecule has 0 bridgehead atoms. The molecule has 2 aromatic heterocycles. The van der Waals surface area contributed by atoms with Gasteiger partial charge in [-0.15, -0.1) is 10.2 Å². The largest absolute Gasteiger partial charge is 0.472 e. The number of carbonyl (C=O) groups is 1. The van der Waals surface area contributed by atoms with E-state index >= 15 is 0 Å². The molecule has 0 fully saturated rings. The van der Waals surface area contributed by atoms with Crippen molar-refractivity contribution in [1.29, 1.82) is 0 Å². The van der Waals surface area contributed by atoms with Crippen molar-refractivity contribution in [3.8, 4) is 17.1 Å². The lowest BCUT2D eigenvalue weighted by Crippen LogP contribution is -2.33. The molecule has 3 aromatic rings. The average Bonchev–Trinajstić information content (AvgIpc) is 2.93. The van der Waals surface area contributed by atoms with Crippen LogP contribution in [0.5, 0.6) is 5.88 Å². The van der Waals surface area contributed by atoms with Crippen LogP contribution in [0, 0.1) is 5.82 Å². The number of carbonyl (C=O) groups excluding carboxylic acids is 1. The molecular weight excluding hydrogens is 529 g/mol. The number of hydrogen-bond donors (Lipinski definition) is 5. The summed E-state index contributed by atoms with van der Waals surface area (Å²) in [4.78, 5) is 18.9. The van der Waals surface area contributed by atoms with Crippen molar-refractivity contribution in [3.63, 3.8) is 0 Å². The molecule has 1 aromatic carbocycles. The molecule has 0 aliphatic rings. The summed E-state index contributed by atoms with van der Waals surface area (Å²) in [6, 6.07) is 8.90. The van der Waals surface area contributed by atoms with E-state index in [1.165, 1.54) is 30.5 Å². The molecule has 0 spiro atoms. The third-order valence-corrected chi connectivity index (χ3v) is 5.91. The third-order valence-electron chi connectivity index (χ3n) is 5.67. The lowest BCUT2D eigenvalue weighted by atomic mass is 10.1. The van der Waals surface area contributed by atoms with Crippen molar-refractivity contribution in [2.45, 2.75) is 19.4 Å². The lowest BCUT2D eigenvalue weighted by Gasteiger charge is -2.19. The Hall–Kier alpha value is -3.42. The lowest BCUT2D eigenvalue weighted by molar-refractivity contribution is -0.116. The van der Waals surface area contributed by atoms with E-state index < -0.39 is 18.5 Å². The van der Waals surface area contributed by atoms with Crippen LogP contribution in [0.4, 0.5) is 21.6 Å². The van der Waals surface area contributed by atoms with Crippen molar-refractivity contribution in [3.05, 3.63) is 53.4 Å². The van der Waals surface area contributed by atoms with Gasteiger partial charge in [-0.25, -0.2) is 9.37 Å². The zero-order valence-corrected chi connectivity index (χ0v) is 22.6. The van der Waals surface area contributed by atoms with E-state index in [4.69, 9.17) is 21.4 Å². The number of rotatable bonds is 15. The minimum atomic E-state index is -1.13. The molecular formula is C26H33ClFN7O4. The standard InChI is InChI=1S/C26H33ClFN7O4/c1-3-35(11-9-29-2)10-7-25(38)32-24-13-18(6-8-30-24)31-23-14-22(20-12-17(27)4-5-21(20)28)33-34-26(23)39-16-19(37)15-36/h4-6,8,12-14,19,29,36-37H,3,7,9-11,15-16H2,1-2H3,(H2,30,31,32,33,38). The second-order valence-corrected chi connectivity index (χ2v) is 9.05. The number of aliphatic hydroxyl groups excluding tert-OH is 2. The molecule has 3 rings (SSSR count). The Morgan fingerprint density at radius 2 is 2.03 bits per heavy atom. The van der Waals surface area contributed by atoms with Crippen molar-refractivity contribution in [2.24, 2.45) is 0 Å². The summed E-state index contributed by atoms with van der Waals surface area (Å²) >= 11 is 6.04. The van der Waals surface area contributed by atoms with Crippen molar-refractivity contribution in [1.82, 2.24) is 25.4 Å². The monoisotopic (exact) mass is 561 g/mol. The fourth-order valence-electron chi connectivity index (χ4n) is 3.52. The number of aliphatic hydroxyl groups is 2. The summed E-state index contributed by atoms with van der Waals surface area (Å²) in [5.41, 5.74) is 1.16. The van der Waals surface area contributed by atoms with Gasteiger partial charge in [0.15, 0.2) is 0 Å². The highest BCUT2D eigenvalue weighted by Gasteiger charge is 2.16. The van der Waals surface area contributed by atoms with Gasteiger partial charge in [0.2, 0.25) is 5.91 Å². The number of hydrogen-bond acceptors (Lipinski definition) is 10. The molecule has 210 valence electrons. The molecule has 39 heavy (non-hydrogen) atoms. The SMILES string of the molecule is CCN(CCNC)CCC(=O)Nc1cc(Nc2cc(-c3cc(Cl)ccc3F)nnc2OCC(O)CO)ccn1. The van der Waals surface area contributed by atoms with Crippen LogP contribution in [0.25, 0.3) is 11.3 Å². The number of nitrogens with one attached hydrogen (secondary N) is 3. The van der Waals surface area contributed by atoms with Crippen LogP contribution in [-0.4, -0.2) is 88.7 Å². The first kappa shape index (κ1) is 30.1. The highest BCUT2D eigenvalue weighted by molar-refractivity contribution is 6.30. The van der Waals surface area contributed by atoms with Crippen molar-refractivity contribution < 1.29 is 24.1 Å². The Kier molecular flexibility index (Phi) is 11.8. The second kappa shape index (κ2) is 15.2. The summed E-state index contributed by atoms with van der Waals surface area (Å²) in [6.45, 7) is 4.45. The molecule has 0 radical (unpaired) electrons. The topological polar surface area (TPSA) is 145 Å². The molecule has 1 unspecified atom stereocenters. The molecule has 2 heterocycles. The third kappa shape index (κ3) is 9.37. The molecule has 0 saturated carbocycles. The minimum Gasteiger partial charge on any atom is -0.472 e. The van der Waals surface area contributed by atoms with Gasteiger partial charge >= 0.3 is 0 Å². The maximum Gasteiger partial charge on any atom is 0.257 e. The molecule has 0 aliphatic heterocycles. The first-order valence-corrected chi connectivity index (χ1v) is 12.9. The number of ether oxygens (including phenoxy) is 1. The summed E-state index contributed by atoms with van der Waals surface area (Å²) in [6.07, 6.45) is 0.699. The van der Waals surface area contributed by atoms with E-state index in [1.54, 1.807) is 12.1 Å². The fourth-order valence-corrected chi connectivity index (χ4v) is 3.70. The highest BCUT2D eigenvalue weighted by atomic mass is 35.5. The predicted octanol–water partition coefficient (Wildman–Crippen LogP) is 2.68. The smallest absolute Gasteiger partial charge is 0.257 e. The molecule has 13 heteroatoms. The van der Waals surface area contributed by atoms with Gasteiger partial charge < -0.3 is 35.8 Å². The van der Waals surface area contributed by atoms with E-state index in [0.717, 1.165) is 19.6 Å². The zero-order valence-electron chi connectivity index (χ0n) is 21.8. The van der Waals surface area contributed by atoms with Gasteiger partial charge in [0.1, 0.15) is 30.0 Å². The molecule has 1 amide bonds. The van der Waals surface area contributed by atoms with Gasteiger partial charge in [-0.2, -0.15) is 0 Å². The van der Waals surface area contributed by atoms with Crippen LogP contribution in [0.1, 0.15) is 13.3 Å².